The summed E-state index contributed by atoms with van der Waals surface area (Å²) in [4.78, 5) is 18.4. The van der Waals surface area contributed by atoms with Crippen molar-refractivity contribution in [3.8, 4) is 0 Å². The number of ketones is 1. The Morgan fingerprint density at radius 2 is 1.30 bits per heavy atom. The molecule has 0 saturated carbocycles. The average Bonchev–Trinajstić information content (AvgIpc) is 2.64. The maximum absolute atomic E-state index is 13.1. The minimum absolute atomic E-state index is 0.0611. The van der Waals surface area contributed by atoms with E-state index in [0.717, 1.165) is 6.08 Å². The van der Waals surface area contributed by atoms with Gasteiger partial charge in [-0.25, -0.2) is 0 Å². The van der Waals surface area contributed by atoms with Crippen LogP contribution in [0, 0.1) is 0 Å². The van der Waals surface area contributed by atoms with Crippen LogP contribution in [0.25, 0.3) is 12.2 Å². The molecule has 1 aromatic heterocycles. The molecule has 3 rings (SSSR count). The summed E-state index contributed by atoms with van der Waals surface area (Å²) in [6.45, 7) is 0.402. The highest BCUT2D eigenvalue weighted by molar-refractivity contribution is 6.14. The second kappa shape index (κ2) is 8.06. The van der Waals surface area contributed by atoms with Crippen molar-refractivity contribution in [1.82, 2.24) is 9.88 Å². The van der Waals surface area contributed by atoms with Crippen LogP contribution in [-0.4, -0.2) is 35.8 Å². The van der Waals surface area contributed by atoms with Crippen LogP contribution in [0.2, 0.25) is 0 Å². The fourth-order valence-corrected chi connectivity index (χ4v) is 3.13. The lowest BCUT2D eigenvalue weighted by Gasteiger charge is -2.26. The number of pyridine rings is 1. The summed E-state index contributed by atoms with van der Waals surface area (Å²) in [6.07, 6.45) is -4.10. The van der Waals surface area contributed by atoms with E-state index in [-0.39, 0.29) is 23.7 Å². The molecular weight excluding hydrogens is 410 g/mol. The van der Waals surface area contributed by atoms with Gasteiger partial charge in [0.05, 0.1) is 11.1 Å². The molecular formula is C21H16F6N2O. The molecule has 0 unspecified atom stereocenters. The number of hydrogen-bond donors (Lipinski definition) is 0. The van der Waals surface area contributed by atoms with E-state index >= 15 is 0 Å². The Bertz CT molecular complexity index is 974. The summed E-state index contributed by atoms with van der Waals surface area (Å²) in [7, 11) is 1.70. The van der Waals surface area contributed by atoms with Gasteiger partial charge in [0.25, 0.3) is 0 Å². The van der Waals surface area contributed by atoms with Gasteiger partial charge in [0, 0.05) is 36.6 Å². The van der Waals surface area contributed by atoms with Gasteiger partial charge in [-0.05, 0) is 60.7 Å². The van der Waals surface area contributed by atoms with Gasteiger partial charge in [-0.1, -0.05) is 0 Å². The van der Waals surface area contributed by atoms with E-state index in [1.165, 1.54) is 0 Å². The molecule has 3 nitrogen and oxygen atoms in total. The Hall–Kier alpha value is -2.94. The number of aromatic nitrogens is 1. The van der Waals surface area contributed by atoms with Crippen molar-refractivity contribution in [3.05, 3.63) is 76.1 Å². The number of Topliss-reactive ketones (excluding diaryl/α,β-unsaturated/α-hetero) is 1. The van der Waals surface area contributed by atoms with E-state index in [9.17, 15) is 31.1 Å². The van der Waals surface area contributed by atoms with Crippen molar-refractivity contribution in [2.24, 2.45) is 0 Å². The quantitative estimate of drug-likeness (QED) is 0.495. The minimum atomic E-state index is -4.95. The van der Waals surface area contributed by atoms with Crippen LogP contribution in [0.5, 0.6) is 0 Å². The van der Waals surface area contributed by atoms with Crippen LogP contribution in [-0.2, 0) is 17.1 Å². The van der Waals surface area contributed by atoms with Crippen molar-refractivity contribution in [3.63, 3.8) is 0 Å². The minimum Gasteiger partial charge on any atom is -0.298 e. The summed E-state index contributed by atoms with van der Waals surface area (Å²) in [5, 5.41) is 0. The highest BCUT2D eigenvalue weighted by atomic mass is 19.4. The monoisotopic (exact) mass is 426 g/mol. The fourth-order valence-electron chi connectivity index (χ4n) is 3.13. The molecule has 158 valence electrons. The van der Waals surface area contributed by atoms with E-state index in [1.807, 2.05) is 0 Å². The molecule has 0 N–H and O–H groups in total. The van der Waals surface area contributed by atoms with Gasteiger partial charge in [0.1, 0.15) is 0 Å². The molecule has 30 heavy (non-hydrogen) atoms. The number of nitrogens with zero attached hydrogens (tertiary/aromatic N) is 2. The first-order valence-electron chi connectivity index (χ1n) is 8.77. The Morgan fingerprint density at radius 3 is 1.77 bits per heavy atom. The number of carbonyl (C=O) groups excluding carboxylic acids is 1. The number of alkyl halides is 6. The van der Waals surface area contributed by atoms with Crippen LogP contribution in [0.1, 0.15) is 22.3 Å². The first kappa shape index (κ1) is 21.8. The molecule has 1 aliphatic rings. The van der Waals surface area contributed by atoms with Crippen LogP contribution in [0.3, 0.4) is 0 Å². The zero-order chi connectivity index (χ0) is 22.1. The zero-order valence-electron chi connectivity index (χ0n) is 15.7. The predicted molar refractivity (Wildman–Crippen MR) is 99.1 cm³/mol. The molecule has 9 heteroatoms. The number of likely N-dealkylation sites (tertiary alicyclic amines) is 1. The number of halogens is 6. The van der Waals surface area contributed by atoms with Gasteiger partial charge in [0.15, 0.2) is 5.78 Å². The number of benzene rings is 1. The third kappa shape index (κ3) is 5.15. The van der Waals surface area contributed by atoms with Crippen LogP contribution < -0.4 is 0 Å². The van der Waals surface area contributed by atoms with Crippen LogP contribution in [0.4, 0.5) is 26.3 Å². The van der Waals surface area contributed by atoms with Crippen molar-refractivity contribution in [1.29, 1.82) is 0 Å². The molecule has 0 amide bonds. The number of piperidine rings is 1. The van der Waals surface area contributed by atoms with Gasteiger partial charge >= 0.3 is 12.4 Å². The highest BCUT2D eigenvalue weighted by Crippen LogP contribution is 2.37. The van der Waals surface area contributed by atoms with Gasteiger partial charge in [-0.3, -0.25) is 14.7 Å². The molecule has 0 bridgehead atoms. The van der Waals surface area contributed by atoms with Gasteiger partial charge in [0.2, 0.25) is 0 Å². The largest absolute Gasteiger partial charge is 0.416 e. The van der Waals surface area contributed by atoms with E-state index in [2.05, 4.69) is 4.98 Å². The molecule has 1 aromatic carbocycles. The maximum atomic E-state index is 13.1. The third-order valence-corrected chi connectivity index (χ3v) is 4.46. The van der Waals surface area contributed by atoms with E-state index in [0.29, 0.717) is 29.8 Å². The highest BCUT2D eigenvalue weighted by Gasteiger charge is 2.37. The smallest absolute Gasteiger partial charge is 0.298 e. The average molecular weight is 426 g/mol. The number of hydrogen-bond acceptors (Lipinski definition) is 3. The van der Waals surface area contributed by atoms with Crippen molar-refractivity contribution < 1.29 is 31.1 Å². The molecule has 1 fully saturated rings. The molecule has 2 heterocycles. The lowest BCUT2D eigenvalue weighted by Crippen LogP contribution is -2.34. The van der Waals surface area contributed by atoms with Crippen molar-refractivity contribution in [2.75, 3.05) is 20.1 Å². The summed E-state index contributed by atoms with van der Waals surface area (Å²) in [5.74, 6) is -0.420. The molecule has 0 radical (unpaired) electrons. The topological polar surface area (TPSA) is 33.2 Å². The Labute approximate surface area is 168 Å². The van der Waals surface area contributed by atoms with Crippen LogP contribution >= 0.6 is 0 Å². The maximum Gasteiger partial charge on any atom is 0.416 e. The SMILES string of the molecule is CN1CC(=Cc2ccncc2)C(=O)/C(=C/c2cc(C(F)(F)F)cc(C(F)(F)F)c2)C1. The van der Waals surface area contributed by atoms with Gasteiger partial charge in [-0.2, -0.15) is 26.3 Å². The van der Waals surface area contributed by atoms with E-state index < -0.39 is 29.3 Å². The zero-order valence-corrected chi connectivity index (χ0v) is 15.7. The second-order valence-corrected chi connectivity index (χ2v) is 6.96. The van der Waals surface area contributed by atoms with E-state index in [4.69, 9.17) is 0 Å². The molecule has 2 aromatic rings. The molecule has 0 spiro atoms. The molecule has 0 atom stereocenters. The molecule has 0 aliphatic carbocycles. The summed E-state index contributed by atoms with van der Waals surface area (Å²) in [6, 6.07) is 4.64. The lowest BCUT2D eigenvalue weighted by atomic mass is 9.94. The van der Waals surface area contributed by atoms with Gasteiger partial charge in [-0.15, -0.1) is 0 Å². The normalized spacial score (nSPS) is 19.0. The van der Waals surface area contributed by atoms with Gasteiger partial charge < -0.3 is 0 Å². The third-order valence-electron chi connectivity index (χ3n) is 4.46. The predicted octanol–water partition coefficient (Wildman–Crippen LogP) is 5.10. The number of likely N-dealkylation sites (N-methyl/N-ethyl adjacent to an activating group) is 1. The molecule has 1 aliphatic heterocycles. The Morgan fingerprint density at radius 1 is 0.833 bits per heavy atom. The lowest BCUT2D eigenvalue weighted by molar-refractivity contribution is -0.143. The van der Waals surface area contributed by atoms with Crippen molar-refractivity contribution in [2.45, 2.75) is 12.4 Å². The summed E-state index contributed by atoms with van der Waals surface area (Å²) >= 11 is 0. The fraction of sp³-hybridized carbons (Fsp3) is 0.238. The standard InChI is InChI=1S/C21H16F6N2O/c1-29-11-15(6-13-2-4-28-5-3-13)19(30)16(12-29)7-14-8-17(20(22,23)24)10-18(9-14)21(25,26)27/h2-10H,11-12H2,1H3/b15-6?,16-7+. The number of carbonyl (C=O) groups is 1. The Kier molecular flexibility index (Phi) is 5.85. The first-order chi connectivity index (χ1) is 13.9. The van der Waals surface area contributed by atoms with Crippen molar-refractivity contribution >= 4 is 17.9 Å². The summed E-state index contributed by atoms with van der Waals surface area (Å²) in [5.41, 5.74) is -1.98. The summed E-state index contributed by atoms with van der Waals surface area (Å²) < 4.78 is 78.5. The number of rotatable bonds is 2. The Balaban J connectivity index is 2.04. The molecule has 1 saturated heterocycles. The second-order valence-electron chi connectivity index (χ2n) is 6.96. The van der Waals surface area contributed by atoms with E-state index in [1.54, 1.807) is 42.6 Å². The van der Waals surface area contributed by atoms with Crippen LogP contribution in [0.15, 0.2) is 53.9 Å². The first-order valence-corrected chi connectivity index (χ1v) is 8.77.